The number of nitro benzene ring substituents is 1. The molecule has 3 aromatic rings. The van der Waals surface area contributed by atoms with Gasteiger partial charge in [-0.15, -0.1) is 0 Å². The molecule has 1 aliphatic rings. The van der Waals surface area contributed by atoms with Crippen LogP contribution in [-0.2, 0) is 9.59 Å². The highest BCUT2D eigenvalue weighted by molar-refractivity contribution is 6.51. The first-order valence-electron chi connectivity index (χ1n) is 9.66. The molecule has 0 unspecified atom stereocenters. The lowest BCUT2D eigenvalue weighted by molar-refractivity contribution is -0.384. The van der Waals surface area contributed by atoms with Crippen molar-refractivity contribution in [2.45, 2.75) is 13.0 Å². The predicted molar refractivity (Wildman–Crippen MR) is 115 cm³/mol. The Morgan fingerprint density at radius 1 is 0.969 bits per heavy atom. The van der Waals surface area contributed by atoms with Crippen LogP contribution in [-0.4, -0.2) is 21.7 Å². The normalized spacial score (nSPS) is 17.6. The Bertz CT molecular complexity index is 1250. The minimum absolute atomic E-state index is 0.143. The second-order valence-electron chi connectivity index (χ2n) is 7.36. The lowest BCUT2D eigenvalue weighted by Gasteiger charge is -2.25. The third kappa shape index (κ3) is 3.62. The molecule has 8 heteroatoms. The largest absolute Gasteiger partial charge is 0.507 e. The summed E-state index contributed by atoms with van der Waals surface area (Å²) in [6.07, 6.45) is 0. The minimum Gasteiger partial charge on any atom is -0.507 e. The zero-order valence-corrected chi connectivity index (χ0v) is 16.9. The van der Waals surface area contributed by atoms with Gasteiger partial charge in [-0.05, 0) is 48.9 Å². The zero-order valence-electron chi connectivity index (χ0n) is 16.9. The number of anilines is 1. The maximum absolute atomic E-state index is 13.6. The first-order valence-corrected chi connectivity index (χ1v) is 9.66. The van der Waals surface area contributed by atoms with E-state index in [-0.39, 0.29) is 16.8 Å². The van der Waals surface area contributed by atoms with Crippen LogP contribution in [0.15, 0.2) is 78.4 Å². The maximum atomic E-state index is 13.6. The van der Waals surface area contributed by atoms with Crippen LogP contribution in [0.4, 0.5) is 15.8 Å². The summed E-state index contributed by atoms with van der Waals surface area (Å²) in [6, 6.07) is 16.2. The fraction of sp³-hybridized carbons (Fsp3) is 0.0833. The average Bonchev–Trinajstić information content (AvgIpc) is 3.05. The van der Waals surface area contributed by atoms with Crippen LogP contribution in [0.2, 0.25) is 0 Å². The fourth-order valence-electron chi connectivity index (χ4n) is 3.66. The molecule has 1 N–H and O–H groups in total. The molecule has 1 saturated heterocycles. The Balaban J connectivity index is 1.90. The number of carbonyl (C=O) groups excluding carboxylic acids is 2. The maximum Gasteiger partial charge on any atom is 0.300 e. The molecule has 4 rings (SSSR count). The first-order chi connectivity index (χ1) is 15.3. The highest BCUT2D eigenvalue weighted by atomic mass is 19.1. The van der Waals surface area contributed by atoms with E-state index in [0.717, 1.165) is 5.56 Å². The number of aryl methyl sites for hydroxylation is 1. The van der Waals surface area contributed by atoms with E-state index in [9.17, 15) is 29.2 Å². The van der Waals surface area contributed by atoms with E-state index in [4.69, 9.17) is 0 Å². The van der Waals surface area contributed by atoms with Crippen molar-refractivity contribution in [2.75, 3.05) is 4.90 Å². The Labute approximate surface area is 182 Å². The van der Waals surface area contributed by atoms with E-state index in [0.29, 0.717) is 11.3 Å². The Morgan fingerprint density at radius 2 is 1.56 bits per heavy atom. The van der Waals surface area contributed by atoms with E-state index < -0.39 is 34.2 Å². The third-order valence-corrected chi connectivity index (χ3v) is 5.29. The van der Waals surface area contributed by atoms with E-state index in [1.54, 1.807) is 24.3 Å². The molecule has 1 atom stereocenters. The number of halogens is 1. The number of nitrogens with zero attached hydrogens (tertiary/aromatic N) is 2. The Hall–Kier alpha value is -4.33. The van der Waals surface area contributed by atoms with Crippen LogP contribution in [0.25, 0.3) is 5.76 Å². The number of non-ortho nitro benzene ring substituents is 1. The van der Waals surface area contributed by atoms with Gasteiger partial charge in [-0.25, -0.2) is 4.39 Å². The summed E-state index contributed by atoms with van der Waals surface area (Å²) in [5.74, 6) is -2.71. The van der Waals surface area contributed by atoms with Gasteiger partial charge in [0.05, 0.1) is 16.5 Å². The van der Waals surface area contributed by atoms with Gasteiger partial charge < -0.3 is 5.11 Å². The summed E-state index contributed by atoms with van der Waals surface area (Å²) in [7, 11) is 0. The number of hydrogen-bond donors (Lipinski definition) is 1. The van der Waals surface area contributed by atoms with Gasteiger partial charge in [0.2, 0.25) is 0 Å². The van der Waals surface area contributed by atoms with Gasteiger partial charge in [0.15, 0.2) is 0 Å². The van der Waals surface area contributed by atoms with Gasteiger partial charge in [0.25, 0.3) is 17.4 Å². The average molecular weight is 432 g/mol. The highest BCUT2D eigenvalue weighted by Crippen LogP contribution is 2.42. The molecule has 160 valence electrons. The van der Waals surface area contributed by atoms with Crippen molar-refractivity contribution in [3.63, 3.8) is 0 Å². The summed E-state index contributed by atoms with van der Waals surface area (Å²) in [5.41, 5.74) is 1.59. The van der Waals surface area contributed by atoms with Crippen molar-refractivity contribution < 1.29 is 24.0 Å². The van der Waals surface area contributed by atoms with Crippen LogP contribution in [0.1, 0.15) is 22.7 Å². The SMILES string of the molecule is Cc1ccc(N2C(=O)C(=O)C(=C(O)c3ccc([N+](=O)[O-])cc3)[C@@H]2c2ccc(F)cc2)cc1. The summed E-state index contributed by atoms with van der Waals surface area (Å²) < 4.78 is 13.6. The second-order valence-corrected chi connectivity index (χ2v) is 7.36. The number of benzene rings is 3. The number of rotatable bonds is 4. The van der Waals surface area contributed by atoms with Crippen LogP contribution in [0.3, 0.4) is 0 Å². The molecule has 0 bridgehead atoms. The smallest absolute Gasteiger partial charge is 0.300 e. The van der Waals surface area contributed by atoms with Gasteiger partial charge in [0.1, 0.15) is 11.6 Å². The molecule has 32 heavy (non-hydrogen) atoms. The predicted octanol–water partition coefficient (Wildman–Crippen LogP) is 4.67. The summed E-state index contributed by atoms with van der Waals surface area (Å²) >= 11 is 0. The molecular formula is C24H17FN2O5. The molecule has 7 nitrogen and oxygen atoms in total. The number of amides is 1. The number of nitro groups is 1. The standard InChI is InChI=1S/C24H17FN2O5/c1-14-2-10-18(11-3-14)26-21(15-4-8-17(25)9-5-15)20(23(29)24(26)30)22(28)16-6-12-19(13-7-16)27(31)32/h2-13,21,28H,1H3/t21-/m0/s1. The van der Waals surface area contributed by atoms with E-state index in [2.05, 4.69) is 0 Å². The first kappa shape index (κ1) is 20.9. The molecule has 1 heterocycles. The summed E-state index contributed by atoms with van der Waals surface area (Å²) in [6.45, 7) is 1.88. The zero-order chi connectivity index (χ0) is 23.0. The number of aliphatic hydroxyl groups excluding tert-OH is 1. The van der Waals surface area contributed by atoms with Crippen LogP contribution < -0.4 is 4.90 Å². The number of carbonyl (C=O) groups is 2. The third-order valence-electron chi connectivity index (χ3n) is 5.29. The molecule has 1 fully saturated rings. The molecule has 0 spiro atoms. The fourth-order valence-corrected chi connectivity index (χ4v) is 3.66. The topological polar surface area (TPSA) is 101 Å². The molecule has 0 aromatic heterocycles. The van der Waals surface area contributed by atoms with E-state index in [1.165, 1.54) is 53.4 Å². The molecule has 0 aliphatic carbocycles. The van der Waals surface area contributed by atoms with Crippen molar-refractivity contribution in [1.82, 2.24) is 0 Å². The monoisotopic (exact) mass is 432 g/mol. The van der Waals surface area contributed by atoms with E-state index >= 15 is 0 Å². The summed E-state index contributed by atoms with van der Waals surface area (Å²) in [5, 5.41) is 21.9. The van der Waals surface area contributed by atoms with Gasteiger partial charge >= 0.3 is 0 Å². The van der Waals surface area contributed by atoms with Gasteiger partial charge in [-0.3, -0.25) is 24.6 Å². The Morgan fingerprint density at radius 3 is 2.12 bits per heavy atom. The lowest BCUT2D eigenvalue weighted by Crippen LogP contribution is -2.29. The van der Waals surface area contributed by atoms with Gasteiger partial charge in [0, 0.05) is 23.4 Å². The van der Waals surface area contributed by atoms with E-state index in [1.807, 2.05) is 6.92 Å². The molecule has 1 amide bonds. The molecule has 0 saturated carbocycles. The van der Waals surface area contributed by atoms with Crippen LogP contribution >= 0.6 is 0 Å². The van der Waals surface area contributed by atoms with Gasteiger partial charge in [-0.1, -0.05) is 29.8 Å². The van der Waals surface area contributed by atoms with Crippen molar-refractivity contribution in [1.29, 1.82) is 0 Å². The van der Waals surface area contributed by atoms with Gasteiger partial charge in [-0.2, -0.15) is 0 Å². The number of hydrogen-bond acceptors (Lipinski definition) is 5. The van der Waals surface area contributed by atoms with Crippen molar-refractivity contribution in [3.8, 4) is 0 Å². The van der Waals surface area contributed by atoms with Crippen molar-refractivity contribution >= 4 is 28.8 Å². The number of ketones is 1. The molecule has 1 aliphatic heterocycles. The second kappa shape index (κ2) is 8.07. The number of Topliss-reactive ketones (excluding diaryl/α,β-unsaturated/α-hetero) is 1. The van der Waals surface area contributed by atoms with Crippen molar-refractivity contribution in [3.05, 3.63) is 111 Å². The minimum atomic E-state index is -1.01. The summed E-state index contributed by atoms with van der Waals surface area (Å²) in [4.78, 5) is 37.6. The lowest BCUT2D eigenvalue weighted by atomic mass is 9.95. The molecule has 0 radical (unpaired) electrons. The molecule has 3 aromatic carbocycles. The van der Waals surface area contributed by atoms with Crippen LogP contribution in [0, 0.1) is 22.9 Å². The number of aliphatic hydroxyl groups is 1. The van der Waals surface area contributed by atoms with Crippen molar-refractivity contribution in [2.24, 2.45) is 0 Å². The quantitative estimate of drug-likeness (QED) is 0.212. The van der Waals surface area contributed by atoms with Crippen LogP contribution in [0.5, 0.6) is 0 Å². The molecular weight excluding hydrogens is 415 g/mol. The Kier molecular flexibility index (Phi) is 5.28. The highest BCUT2D eigenvalue weighted by Gasteiger charge is 2.46.